The van der Waals surface area contributed by atoms with Crippen LogP contribution >= 0.6 is 11.6 Å². The highest BCUT2D eigenvalue weighted by Crippen LogP contribution is 2.30. The fraction of sp³-hybridized carbons (Fsp3) is 0.167. The molecule has 3 aromatic rings. The van der Waals surface area contributed by atoms with Crippen LogP contribution in [0, 0.1) is 5.82 Å². The Morgan fingerprint density at radius 1 is 1.23 bits per heavy atom. The van der Waals surface area contributed by atoms with Gasteiger partial charge in [-0.25, -0.2) is 13.9 Å². The van der Waals surface area contributed by atoms with E-state index in [0.29, 0.717) is 5.02 Å². The number of nitrogens with zero attached hydrogens (tertiary/aromatic N) is 3. The number of amides is 2. The van der Waals surface area contributed by atoms with E-state index in [4.69, 9.17) is 16.7 Å². The number of alkyl halides is 3. The van der Waals surface area contributed by atoms with Crippen LogP contribution in [0.3, 0.4) is 0 Å². The summed E-state index contributed by atoms with van der Waals surface area (Å²) in [6.07, 6.45) is -3.55. The quantitative estimate of drug-likeness (QED) is 0.522. The molecule has 7 nitrogen and oxygen atoms in total. The van der Waals surface area contributed by atoms with Gasteiger partial charge < -0.3 is 15.7 Å². The maximum Gasteiger partial charge on any atom is 0.435 e. The van der Waals surface area contributed by atoms with Crippen LogP contribution in [-0.2, 0) is 19.3 Å². The maximum absolute atomic E-state index is 13.6. The minimum atomic E-state index is -4.68. The van der Waals surface area contributed by atoms with Crippen LogP contribution in [0.2, 0.25) is 5.02 Å². The molecule has 0 spiro atoms. The molecule has 0 saturated carbocycles. The lowest BCUT2D eigenvalue weighted by atomic mass is 10.3. The van der Waals surface area contributed by atoms with Gasteiger partial charge in [-0.05, 0) is 24.3 Å². The summed E-state index contributed by atoms with van der Waals surface area (Å²) in [7, 11) is 0. The summed E-state index contributed by atoms with van der Waals surface area (Å²) < 4.78 is 53.9. The third kappa shape index (κ3) is 5.05. The zero-order valence-electron chi connectivity index (χ0n) is 15.0. The summed E-state index contributed by atoms with van der Waals surface area (Å²) in [4.78, 5) is 15.7. The molecule has 0 bridgehead atoms. The first kappa shape index (κ1) is 21.5. The van der Waals surface area contributed by atoms with E-state index >= 15 is 0 Å². The van der Waals surface area contributed by atoms with Gasteiger partial charge in [0.2, 0.25) is 0 Å². The van der Waals surface area contributed by atoms with Crippen LogP contribution in [0.25, 0.3) is 5.69 Å². The number of rotatable bonds is 5. The highest BCUT2D eigenvalue weighted by Gasteiger charge is 2.35. The lowest BCUT2D eigenvalue weighted by Gasteiger charge is -2.10. The number of aliphatic hydroxyl groups excluding tert-OH is 1. The smallest absolute Gasteiger partial charge is 0.390 e. The largest absolute Gasteiger partial charge is 0.435 e. The summed E-state index contributed by atoms with van der Waals surface area (Å²) in [6.45, 7) is -0.917. The van der Waals surface area contributed by atoms with Crippen molar-refractivity contribution < 1.29 is 27.5 Å². The third-order valence-electron chi connectivity index (χ3n) is 3.88. The first-order valence-corrected chi connectivity index (χ1v) is 8.77. The van der Waals surface area contributed by atoms with E-state index in [0.717, 1.165) is 23.0 Å². The number of carbonyl (C=O) groups is 1. The Labute approximate surface area is 172 Å². The van der Waals surface area contributed by atoms with Crippen molar-refractivity contribution in [2.75, 3.05) is 5.32 Å². The number of halogens is 5. The molecular formula is C18H14ClF4N5O2. The number of benzene rings is 1. The molecule has 3 rings (SSSR count). The Morgan fingerprint density at radius 3 is 2.63 bits per heavy atom. The number of aliphatic hydroxyl groups is 1. The number of hydrogen-bond acceptors (Lipinski definition) is 4. The fourth-order valence-electron chi connectivity index (χ4n) is 2.51. The monoisotopic (exact) mass is 443 g/mol. The first-order valence-electron chi connectivity index (χ1n) is 8.39. The summed E-state index contributed by atoms with van der Waals surface area (Å²) >= 11 is 5.90. The van der Waals surface area contributed by atoms with Gasteiger partial charge in [0.05, 0.1) is 36.4 Å². The van der Waals surface area contributed by atoms with Gasteiger partial charge in [0.15, 0.2) is 5.69 Å². The Kier molecular flexibility index (Phi) is 6.22. The number of pyridine rings is 1. The van der Waals surface area contributed by atoms with E-state index in [9.17, 15) is 22.4 Å². The standard InChI is InChI=1S/C18H14ClF4N5O2/c19-10-2-1-3-12(4-10)28-13(6-16(27-28)18(21,22)23)8-25-17(30)26-11-5-14(20)15(9-29)24-7-11/h1-7,29H,8-9H2,(H2,25,26,30). The van der Waals surface area contributed by atoms with E-state index in [2.05, 4.69) is 20.7 Å². The Morgan fingerprint density at radius 2 is 2.00 bits per heavy atom. The van der Waals surface area contributed by atoms with Crippen LogP contribution in [0.4, 0.5) is 28.0 Å². The Bertz CT molecular complexity index is 1070. The average Bonchev–Trinajstić information content (AvgIpc) is 3.11. The Balaban J connectivity index is 1.77. The maximum atomic E-state index is 13.6. The number of hydrogen-bond donors (Lipinski definition) is 3. The van der Waals surface area contributed by atoms with Gasteiger partial charge >= 0.3 is 12.2 Å². The van der Waals surface area contributed by atoms with E-state index in [1.54, 1.807) is 12.1 Å². The van der Waals surface area contributed by atoms with Crippen LogP contribution in [0.15, 0.2) is 42.6 Å². The van der Waals surface area contributed by atoms with Gasteiger partial charge in [0.1, 0.15) is 11.5 Å². The zero-order valence-corrected chi connectivity index (χ0v) is 15.8. The molecule has 12 heteroatoms. The van der Waals surface area contributed by atoms with Crippen molar-refractivity contribution in [1.29, 1.82) is 0 Å². The van der Waals surface area contributed by atoms with Gasteiger partial charge in [-0.1, -0.05) is 17.7 Å². The first-order chi connectivity index (χ1) is 14.2. The van der Waals surface area contributed by atoms with Gasteiger partial charge in [-0.2, -0.15) is 18.3 Å². The lowest BCUT2D eigenvalue weighted by Crippen LogP contribution is -2.29. The molecule has 3 N–H and O–H groups in total. The van der Waals surface area contributed by atoms with Crippen molar-refractivity contribution >= 4 is 23.3 Å². The number of carbonyl (C=O) groups excluding carboxylic acids is 1. The molecule has 0 aliphatic heterocycles. The molecular weight excluding hydrogens is 430 g/mol. The molecule has 2 heterocycles. The van der Waals surface area contributed by atoms with Crippen molar-refractivity contribution in [3.63, 3.8) is 0 Å². The third-order valence-corrected chi connectivity index (χ3v) is 4.12. The SMILES string of the molecule is O=C(NCc1cc(C(F)(F)F)nn1-c1cccc(Cl)c1)Nc1cnc(CO)c(F)c1. The number of aromatic nitrogens is 3. The number of anilines is 1. The van der Waals surface area contributed by atoms with Crippen molar-refractivity contribution in [1.82, 2.24) is 20.1 Å². The molecule has 0 saturated heterocycles. The van der Waals surface area contributed by atoms with Crippen LogP contribution in [0.1, 0.15) is 17.1 Å². The van der Waals surface area contributed by atoms with Crippen LogP contribution in [-0.4, -0.2) is 25.9 Å². The Hall–Kier alpha value is -3.18. The van der Waals surface area contributed by atoms with Crippen molar-refractivity contribution in [3.8, 4) is 5.69 Å². The molecule has 0 aliphatic carbocycles. The zero-order chi connectivity index (χ0) is 21.9. The van der Waals surface area contributed by atoms with Crippen LogP contribution < -0.4 is 10.6 Å². The minimum absolute atomic E-state index is 0.00142. The molecule has 2 aromatic heterocycles. The molecule has 2 amide bonds. The lowest BCUT2D eigenvalue weighted by molar-refractivity contribution is -0.141. The summed E-state index contributed by atoms with van der Waals surface area (Å²) in [6, 6.07) is 7.00. The molecule has 0 fully saturated rings. The van der Waals surface area contributed by atoms with Crippen molar-refractivity contribution in [2.24, 2.45) is 0 Å². The topological polar surface area (TPSA) is 92.1 Å². The van der Waals surface area contributed by atoms with Gasteiger partial charge in [0.25, 0.3) is 0 Å². The molecule has 1 aromatic carbocycles. The fourth-order valence-corrected chi connectivity index (χ4v) is 2.70. The summed E-state index contributed by atoms with van der Waals surface area (Å²) in [5.41, 5.74) is -1.00. The predicted octanol–water partition coefficient (Wildman–Crippen LogP) is 3.89. The highest BCUT2D eigenvalue weighted by molar-refractivity contribution is 6.30. The second-order valence-electron chi connectivity index (χ2n) is 6.03. The average molecular weight is 444 g/mol. The second-order valence-corrected chi connectivity index (χ2v) is 6.47. The second kappa shape index (κ2) is 8.67. The number of urea groups is 1. The van der Waals surface area contributed by atoms with E-state index in [1.807, 2.05) is 0 Å². The normalized spacial score (nSPS) is 11.4. The van der Waals surface area contributed by atoms with Crippen molar-refractivity contribution in [2.45, 2.75) is 19.3 Å². The van der Waals surface area contributed by atoms with Gasteiger partial charge in [-0.3, -0.25) is 4.98 Å². The molecule has 0 unspecified atom stereocenters. The van der Waals surface area contributed by atoms with E-state index in [1.165, 1.54) is 12.1 Å². The minimum Gasteiger partial charge on any atom is -0.390 e. The molecule has 158 valence electrons. The van der Waals surface area contributed by atoms with Crippen LogP contribution in [0.5, 0.6) is 0 Å². The van der Waals surface area contributed by atoms with Gasteiger partial charge in [0, 0.05) is 11.1 Å². The number of nitrogens with one attached hydrogen (secondary N) is 2. The highest BCUT2D eigenvalue weighted by atomic mass is 35.5. The summed E-state index contributed by atoms with van der Waals surface area (Å²) in [5.74, 6) is -0.816. The molecule has 30 heavy (non-hydrogen) atoms. The molecule has 0 radical (unpaired) electrons. The molecule has 0 atom stereocenters. The predicted molar refractivity (Wildman–Crippen MR) is 99.6 cm³/mol. The summed E-state index contributed by atoms with van der Waals surface area (Å²) in [5, 5.41) is 17.4. The van der Waals surface area contributed by atoms with Crippen molar-refractivity contribution in [3.05, 3.63) is 70.5 Å². The van der Waals surface area contributed by atoms with Gasteiger partial charge in [-0.15, -0.1) is 0 Å². The molecule has 0 aliphatic rings. The van der Waals surface area contributed by atoms with E-state index < -0.39 is 30.3 Å². The van der Waals surface area contributed by atoms with E-state index in [-0.39, 0.29) is 29.3 Å².